The van der Waals surface area contributed by atoms with Crippen molar-refractivity contribution in [2.24, 2.45) is 0 Å². The Morgan fingerprint density at radius 2 is 1.86 bits per heavy atom. The largest absolute Gasteiger partial charge is 0.340 e. The van der Waals surface area contributed by atoms with E-state index >= 15 is 0 Å². The van der Waals surface area contributed by atoms with Crippen LogP contribution in [0, 0.1) is 6.92 Å². The van der Waals surface area contributed by atoms with Crippen LogP contribution in [0.1, 0.15) is 36.2 Å². The van der Waals surface area contributed by atoms with Crippen LogP contribution in [0.15, 0.2) is 36.5 Å². The fourth-order valence-electron chi connectivity index (χ4n) is 4.30. The minimum Gasteiger partial charge on any atom is -0.340 e. The van der Waals surface area contributed by atoms with Crippen LogP contribution >= 0.6 is 0 Å². The lowest BCUT2D eigenvalue weighted by atomic mass is 10.0. The number of nitrogens with one attached hydrogen (secondary N) is 2. The van der Waals surface area contributed by atoms with Gasteiger partial charge in [-0.25, -0.2) is 4.79 Å². The maximum Gasteiger partial charge on any atom is 0.323 e. The fourth-order valence-corrected chi connectivity index (χ4v) is 4.30. The first-order chi connectivity index (χ1) is 14.0. The van der Waals surface area contributed by atoms with Crippen molar-refractivity contribution in [2.75, 3.05) is 36.8 Å². The maximum atomic E-state index is 12.5. The number of anilines is 2. The average molecular weight is 393 g/mol. The van der Waals surface area contributed by atoms with Crippen molar-refractivity contribution < 1.29 is 9.59 Å². The molecule has 0 spiro atoms. The van der Waals surface area contributed by atoms with E-state index in [2.05, 4.69) is 26.6 Å². The molecule has 2 aliphatic rings. The standard InChI is InChI=1S/C22H27N5O2/c1-15-6-7-17(14-23-15)24-22(29)25-20-5-3-4-19-18(20)8-9-21(19)27-12-10-26(11-13-27)16(2)28/h3-7,14,21H,8-13H2,1-2H3,(H2,24,25,29). The second-order valence-electron chi connectivity index (χ2n) is 7.74. The summed E-state index contributed by atoms with van der Waals surface area (Å²) in [6, 6.07) is 9.93. The predicted molar refractivity (Wildman–Crippen MR) is 113 cm³/mol. The molecule has 7 nitrogen and oxygen atoms in total. The first-order valence-corrected chi connectivity index (χ1v) is 10.1. The van der Waals surface area contributed by atoms with Gasteiger partial charge in [-0.3, -0.25) is 14.7 Å². The Hall–Kier alpha value is -2.93. The Labute approximate surface area is 171 Å². The zero-order chi connectivity index (χ0) is 20.4. The minimum atomic E-state index is -0.262. The Balaban J connectivity index is 1.43. The number of aromatic nitrogens is 1. The predicted octanol–water partition coefficient (Wildman–Crippen LogP) is 3.19. The average Bonchev–Trinajstić information content (AvgIpc) is 3.15. The minimum absolute atomic E-state index is 0.151. The number of nitrogens with zero attached hydrogens (tertiary/aromatic N) is 3. The highest BCUT2D eigenvalue weighted by Crippen LogP contribution is 2.39. The Kier molecular flexibility index (Phi) is 5.49. The lowest BCUT2D eigenvalue weighted by molar-refractivity contribution is -0.130. The van der Waals surface area contributed by atoms with Crippen molar-refractivity contribution >= 4 is 23.3 Å². The summed E-state index contributed by atoms with van der Waals surface area (Å²) in [6.07, 6.45) is 3.63. The van der Waals surface area contributed by atoms with Gasteiger partial charge in [0.25, 0.3) is 0 Å². The van der Waals surface area contributed by atoms with E-state index in [1.165, 1.54) is 11.1 Å². The first kappa shape index (κ1) is 19.4. The van der Waals surface area contributed by atoms with E-state index in [4.69, 9.17) is 0 Å². The van der Waals surface area contributed by atoms with Gasteiger partial charge in [0.2, 0.25) is 5.91 Å². The van der Waals surface area contributed by atoms with Crippen LogP contribution in [0.4, 0.5) is 16.2 Å². The molecule has 1 unspecified atom stereocenters. The molecule has 4 rings (SSSR count). The third-order valence-electron chi connectivity index (χ3n) is 5.86. The number of hydrogen-bond donors (Lipinski definition) is 2. The molecule has 1 saturated heterocycles. The van der Waals surface area contributed by atoms with Gasteiger partial charge in [-0.1, -0.05) is 12.1 Å². The summed E-state index contributed by atoms with van der Waals surface area (Å²) in [7, 11) is 0. The summed E-state index contributed by atoms with van der Waals surface area (Å²) in [5.74, 6) is 0.151. The molecule has 0 bridgehead atoms. The van der Waals surface area contributed by atoms with Gasteiger partial charge in [-0.2, -0.15) is 0 Å². The molecule has 152 valence electrons. The van der Waals surface area contributed by atoms with Crippen LogP contribution in [0.2, 0.25) is 0 Å². The second-order valence-corrected chi connectivity index (χ2v) is 7.74. The Morgan fingerprint density at radius 1 is 1.07 bits per heavy atom. The van der Waals surface area contributed by atoms with Gasteiger partial charge in [0, 0.05) is 50.5 Å². The molecule has 0 radical (unpaired) electrons. The molecule has 3 amide bonds. The summed E-state index contributed by atoms with van der Waals surface area (Å²) >= 11 is 0. The lowest BCUT2D eigenvalue weighted by Gasteiger charge is -2.38. The number of fused-ring (bicyclic) bond motifs is 1. The highest BCUT2D eigenvalue weighted by atomic mass is 16.2. The third kappa shape index (κ3) is 4.24. The van der Waals surface area contributed by atoms with E-state index in [1.807, 2.05) is 36.1 Å². The number of hydrogen-bond acceptors (Lipinski definition) is 4. The number of amides is 3. The van der Waals surface area contributed by atoms with E-state index in [1.54, 1.807) is 13.1 Å². The van der Waals surface area contributed by atoms with Gasteiger partial charge < -0.3 is 15.5 Å². The van der Waals surface area contributed by atoms with Crippen LogP contribution in [-0.4, -0.2) is 52.9 Å². The second kappa shape index (κ2) is 8.21. The molecule has 1 aliphatic carbocycles. The monoisotopic (exact) mass is 393 g/mol. The fraction of sp³-hybridized carbons (Fsp3) is 0.409. The van der Waals surface area contributed by atoms with Crippen molar-refractivity contribution in [3.05, 3.63) is 53.3 Å². The number of benzene rings is 1. The van der Waals surface area contributed by atoms with Gasteiger partial charge in [0.1, 0.15) is 0 Å². The lowest BCUT2D eigenvalue weighted by Crippen LogP contribution is -2.48. The van der Waals surface area contributed by atoms with Crippen molar-refractivity contribution in [1.82, 2.24) is 14.8 Å². The van der Waals surface area contributed by atoms with E-state index in [0.717, 1.165) is 50.4 Å². The molecule has 2 N–H and O–H groups in total. The van der Waals surface area contributed by atoms with Gasteiger partial charge in [0.05, 0.1) is 11.9 Å². The van der Waals surface area contributed by atoms with Crippen LogP contribution in [-0.2, 0) is 11.2 Å². The van der Waals surface area contributed by atoms with Crippen LogP contribution in [0.3, 0.4) is 0 Å². The Bertz CT molecular complexity index is 904. The van der Waals surface area contributed by atoms with Crippen molar-refractivity contribution in [3.8, 4) is 0 Å². The van der Waals surface area contributed by atoms with E-state index in [0.29, 0.717) is 11.7 Å². The highest BCUT2D eigenvalue weighted by molar-refractivity contribution is 6.00. The van der Waals surface area contributed by atoms with Crippen molar-refractivity contribution in [1.29, 1.82) is 0 Å². The van der Waals surface area contributed by atoms with Crippen molar-refractivity contribution in [3.63, 3.8) is 0 Å². The zero-order valence-electron chi connectivity index (χ0n) is 16.9. The summed E-state index contributed by atoms with van der Waals surface area (Å²) in [5, 5.41) is 5.84. The van der Waals surface area contributed by atoms with Crippen molar-refractivity contribution in [2.45, 2.75) is 32.7 Å². The molecular formula is C22H27N5O2. The molecule has 1 fully saturated rings. The quantitative estimate of drug-likeness (QED) is 0.840. The van der Waals surface area contributed by atoms with Crippen LogP contribution in [0.25, 0.3) is 0 Å². The van der Waals surface area contributed by atoms with E-state index < -0.39 is 0 Å². The molecular weight excluding hydrogens is 366 g/mol. The number of pyridine rings is 1. The Morgan fingerprint density at radius 3 is 2.55 bits per heavy atom. The zero-order valence-corrected chi connectivity index (χ0v) is 16.9. The van der Waals surface area contributed by atoms with Gasteiger partial charge in [0.15, 0.2) is 0 Å². The number of aryl methyl sites for hydroxylation is 1. The molecule has 2 heterocycles. The first-order valence-electron chi connectivity index (χ1n) is 10.1. The number of carbonyl (C=O) groups is 2. The number of piperazine rings is 1. The SMILES string of the molecule is CC(=O)N1CCN(C2CCc3c(NC(=O)Nc4ccc(C)nc4)cccc32)CC1. The van der Waals surface area contributed by atoms with Crippen LogP contribution in [0.5, 0.6) is 0 Å². The third-order valence-corrected chi connectivity index (χ3v) is 5.86. The van der Waals surface area contributed by atoms with E-state index in [-0.39, 0.29) is 11.9 Å². The van der Waals surface area contributed by atoms with E-state index in [9.17, 15) is 9.59 Å². The maximum absolute atomic E-state index is 12.5. The molecule has 1 aliphatic heterocycles. The molecule has 29 heavy (non-hydrogen) atoms. The van der Waals surface area contributed by atoms with Gasteiger partial charge in [-0.15, -0.1) is 0 Å². The van der Waals surface area contributed by atoms with Gasteiger partial charge in [-0.05, 0) is 49.1 Å². The number of carbonyl (C=O) groups excluding carboxylic acids is 2. The van der Waals surface area contributed by atoms with Crippen LogP contribution < -0.4 is 10.6 Å². The molecule has 1 atom stereocenters. The summed E-state index contributed by atoms with van der Waals surface area (Å²) < 4.78 is 0. The highest BCUT2D eigenvalue weighted by Gasteiger charge is 2.32. The number of urea groups is 1. The summed E-state index contributed by atoms with van der Waals surface area (Å²) in [6.45, 7) is 6.90. The topological polar surface area (TPSA) is 77.6 Å². The molecule has 1 aromatic carbocycles. The number of rotatable bonds is 3. The van der Waals surface area contributed by atoms with Gasteiger partial charge >= 0.3 is 6.03 Å². The molecule has 0 saturated carbocycles. The smallest absolute Gasteiger partial charge is 0.323 e. The molecule has 7 heteroatoms. The molecule has 2 aromatic rings. The molecule has 1 aromatic heterocycles. The summed E-state index contributed by atoms with van der Waals surface area (Å²) in [4.78, 5) is 32.6. The normalized spacial score (nSPS) is 19.0. The summed E-state index contributed by atoms with van der Waals surface area (Å²) in [5.41, 5.74) is 4.94.